The Morgan fingerprint density at radius 3 is 2.53 bits per heavy atom. The molecule has 1 fully saturated rings. The molecule has 106 valence electrons. The van der Waals surface area contributed by atoms with Gasteiger partial charge >= 0.3 is 0 Å². The van der Waals surface area contributed by atoms with Crippen LogP contribution in [0.4, 0.5) is 0 Å². The molecule has 19 heavy (non-hydrogen) atoms. The smallest absolute Gasteiger partial charge is 0.134 e. The minimum Gasteiger partial charge on any atom is -0.381 e. The molecule has 2 heterocycles. The fourth-order valence-corrected chi connectivity index (χ4v) is 2.56. The van der Waals surface area contributed by atoms with Gasteiger partial charge in [0.15, 0.2) is 0 Å². The average Bonchev–Trinajstić information content (AvgIpc) is 2.90. The molecule has 1 aromatic heterocycles. The molecule has 1 aliphatic heterocycles. The quantitative estimate of drug-likeness (QED) is 0.799. The number of aryl methyl sites for hydroxylation is 2. The molecule has 0 radical (unpaired) electrons. The molecular weight excluding hydrogens is 238 g/mol. The van der Waals surface area contributed by atoms with Gasteiger partial charge in [0.2, 0.25) is 0 Å². The van der Waals surface area contributed by atoms with E-state index in [9.17, 15) is 0 Å². The van der Waals surface area contributed by atoms with Gasteiger partial charge in [-0.3, -0.25) is 0 Å². The van der Waals surface area contributed by atoms with Crippen LogP contribution in [0.5, 0.6) is 0 Å². The summed E-state index contributed by atoms with van der Waals surface area (Å²) in [7, 11) is 0. The highest BCUT2D eigenvalue weighted by atomic mass is 16.5. The van der Waals surface area contributed by atoms with Crippen LogP contribution in [-0.4, -0.2) is 36.3 Å². The molecule has 2 rings (SSSR count). The SMILES string of the molecule is CCCNCCc1c(C)nc(C2CCOC2)nc1C. The third kappa shape index (κ3) is 3.74. The minimum atomic E-state index is 0.393. The number of hydrogen-bond acceptors (Lipinski definition) is 4. The molecule has 0 bridgehead atoms. The maximum atomic E-state index is 5.42. The number of hydrogen-bond donors (Lipinski definition) is 1. The van der Waals surface area contributed by atoms with Crippen molar-refractivity contribution in [2.75, 3.05) is 26.3 Å². The van der Waals surface area contributed by atoms with Gasteiger partial charge in [0.1, 0.15) is 5.82 Å². The lowest BCUT2D eigenvalue weighted by Crippen LogP contribution is -2.19. The Hall–Kier alpha value is -1.00. The fraction of sp³-hybridized carbons (Fsp3) is 0.733. The first-order valence-electron chi connectivity index (χ1n) is 7.34. The Labute approximate surface area is 116 Å². The van der Waals surface area contributed by atoms with E-state index in [1.807, 2.05) is 0 Å². The van der Waals surface area contributed by atoms with Crippen molar-refractivity contribution in [2.24, 2.45) is 0 Å². The molecule has 1 aromatic rings. The number of nitrogens with one attached hydrogen (secondary N) is 1. The van der Waals surface area contributed by atoms with Crippen molar-refractivity contribution in [1.29, 1.82) is 0 Å². The molecule has 4 nitrogen and oxygen atoms in total. The van der Waals surface area contributed by atoms with Crippen molar-refractivity contribution in [2.45, 2.75) is 46.0 Å². The summed E-state index contributed by atoms with van der Waals surface area (Å²) in [4.78, 5) is 9.39. The summed E-state index contributed by atoms with van der Waals surface area (Å²) in [6.07, 6.45) is 3.24. The van der Waals surface area contributed by atoms with Crippen LogP contribution in [-0.2, 0) is 11.2 Å². The van der Waals surface area contributed by atoms with Crippen LogP contribution in [0.2, 0.25) is 0 Å². The highest BCUT2D eigenvalue weighted by molar-refractivity contribution is 5.25. The zero-order valence-corrected chi connectivity index (χ0v) is 12.3. The first kappa shape index (κ1) is 14.4. The van der Waals surface area contributed by atoms with E-state index in [2.05, 4.69) is 26.1 Å². The minimum absolute atomic E-state index is 0.393. The summed E-state index contributed by atoms with van der Waals surface area (Å²) in [5, 5.41) is 3.43. The Bertz CT molecular complexity index is 391. The van der Waals surface area contributed by atoms with Gasteiger partial charge in [-0.05, 0) is 51.8 Å². The van der Waals surface area contributed by atoms with Crippen LogP contribution in [0.25, 0.3) is 0 Å². The molecule has 1 atom stereocenters. The van der Waals surface area contributed by atoms with E-state index in [0.717, 1.165) is 56.4 Å². The molecule has 0 amide bonds. The lowest BCUT2D eigenvalue weighted by molar-refractivity contribution is 0.193. The van der Waals surface area contributed by atoms with E-state index in [1.54, 1.807) is 0 Å². The van der Waals surface area contributed by atoms with Gasteiger partial charge in [-0.2, -0.15) is 0 Å². The van der Waals surface area contributed by atoms with Crippen molar-refractivity contribution in [3.63, 3.8) is 0 Å². The molecule has 4 heteroatoms. The van der Waals surface area contributed by atoms with Crippen molar-refractivity contribution >= 4 is 0 Å². The normalized spacial score (nSPS) is 19.0. The summed E-state index contributed by atoms with van der Waals surface area (Å²) in [6.45, 7) is 10.1. The summed E-state index contributed by atoms with van der Waals surface area (Å²) in [5.41, 5.74) is 3.56. The predicted octanol–water partition coefficient (Wildman–Crippen LogP) is 2.14. The predicted molar refractivity (Wildman–Crippen MR) is 76.5 cm³/mol. The van der Waals surface area contributed by atoms with Gasteiger partial charge in [0.25, 0.3) is 0 Å². The average molecular weight is 263 g/mol. The maximum absolute atomic E-state index is 5.42. The Morgan fingerprint density at radius 2 is 1.95 bits per heavy atom. The molecule has 1 saturated heterocycles. The molecule has 0 saturated carbocycles. The van der Waals surface area contributed by atoms with E-state index in [-0.39, 0.29) is 0 Å². The van der Waals surface area contributed by atoms with Crippen molar-refractivity contribution in [3.05, 3.63) is 22.8 Å². The first-order valence-corrected chi connectivity index (χ1v) is 7.34. The van der Waals surface area contributed by atoms with Crippen LogP contribution in [0, 0.1) is 13.8 Å². The van der Waals surface area contributed by atoms with Gasteiger partial charge in [-0.25, -0.2) is 9.97 Å². The summed E-state index contributed by atoms with van der Waals surface area (Å²) < 4.78 is 5.42. The van der Waals surface area contributed by atoms with E-state index < -0.39 is 0 Å². The topological polar surface area (TPSA) is 47.0 Å². The van der Waals surface area contributed by atoms with E-state index in [4.69, 9.17) is 14.7 Å². The van der Waals surface area contributed by atoms with Crippen LogP contribution in [0.1, 0.15) is 48.5 Å². The standard InChI is InChI=1S/C15H25N3O/c1-4-7-16-8-5-14-11(2)17-15(18-12(14)3)13-6-9-19-10-13/h13,16H,4-10H2,1-3H3. The zero-order valence-electron chi connectivity index (χ0n) is 12.3. The van der Waals surface area contributed by atoms with Gasteiger partial charge in [-0.15, -0.1) is 0 Å². The number of aromatic nitrogens is 2. The monoisotopic (exact) mass is 263 g/mol. The van der Waals surface area contributed by atoms with Gasteiger partial charge in [0.05, 0.1) is 6.61 Å². The lowest BCUT2D eigenvalue weighted by Gasteiger charge is -2.13. The Balaban J connectivity index is 2.04. The fourth-order valence-electron chi connectivity index (χ4n) is 2.56. The van der Waals surface area contributed by atoms with E-state index >= 15 is 0 Å². The number of rotatable bonds is 6. The largest absolute Gasteiger partial charge is 0.381 e. The van der Waals surface area contributed by atoms with E-state index in [1.165, 1.54) is 12.0 Å². The third-order valence-electron chi connectivity index (χ3n) is 3.71. The Morgan fingerprint density at radius 1 is 1.21 bits per heavy atom. The van der Waals surface area contributed by atoms with Gasteiger partial charge < -0.3 is 10.1 Å². The summed E-state index contributed by atoms with van der Waals surface area (Å²) in [5.74, 6) is 1.36. The van der Waals surface area contributed by atoms with Crippen LogP contribution in [0.15, 0.2) is 0 Å². The summed E-state index contributed by atoms with van der Waals surface area (Å²) >= 11 is 0. The molecule has 1 unspecified atom stereocenters. The number of ether oxygens (including phenoxy) is 1. The zero-order chi connectivity index (χ0) is 13.7. The second-order valence-corrected chi connectivity index (χ2v) is 5.29. The molecule has 1 N–H and O–H groups in total. The summed E-state index contributed by atoms with van der Waals surface area (Å²) in [6, 6.07) is 0. The second kappa shape index (κ2) is 6.96. The number of nitrogens with zero attached hydrogens (tertiary/aromatic N) is 2. The molecule has 0 aliphatic carbocycles. The molecular formula is C15H25N3O. The third-order valence-corrected chi connectivity index (χ3v) is 3.71. The van der Waals surface area contributed by atoms with Gasteiger partial charge in [-0.1, -0.05) is 6.92 Å². The van der Waals surface area contributed by atoms with Crippen LogP contribution < -0.4 is 5.32 Å². The first-order chi connectivity index (χ1) is 9.22. The van der Waals surface area contributed by atoms with Crippen LogP contribution in [0.3, 0.4) is 0 Å². The van der Waals surface area contributed by atoms with Crippen molar-refractivity contribution in [3.8, 4) is 0 Å². The van der Waals surface area contributed by atoms with E-state index in [0.29, 0.717) is 5.92 Å². The highest BCUT2D eigenvalue weighted by Gasteiger charge is 2.21. The van der Waals surface area contributed by atoms with Crippen LogP contribution >= 0.6 is 0 Å². The maximum Gasteiger partial charge on any atom is 0.134 e. The van der Waals surface area contributed by atoms with Gasteiger partial charge in [0, 0.05) is 23.9 Å². The molecule has 1 aliphatic rings. The Kier molecular flexibility index (Phi) is 5.28. The molecule has 0 spiro atoms. The highest BCUT2D eigenvalue weighted by Crippen LogP contribution is 2.23. The lowest BCUT2D eigenvalue weighted by atomic mass is 10.1. The van der Waals surface area contributed by atoms with Crippen molar-refractivity contribution < 1.29 is 4.74 Å². The second-order valence-electron chi connectivity index (χ2n) is 5.29. The molecule has 0 aromatic carbocycles. The van der Waals surface area contributed by atoms with Crippen molar-refractivity contribution in [1.82, 2.24) is 15.3 Å².